The van der Waals surface area contributed by atoms with Gasteiger partial charge in [-0.1, -0.05) is 6.07 Å². The van der Waals surface area contributed by atoms with Crippen molar-refractivity contribution in [3.8, 4) is 27.6 Å². The quantitative estimate of drug-likeness (QED) is 0.622. The molecule has 0 atom stereocenters. The van der Waals surface area contributed by atoms with E-state index in [9.17, 15) is 23.1 Å². The summed E-state index contributed by atoms with van der Waals surface area (Å²) in [6, 6.07) is 5.09. The number of urea groups is 1. The number of aromatic nitrogens is 2. The molecule has 2 aromatic heterocycles. The third kappa shape index (κ3) is 4.16. The molecule has 0 bridgehead atoms. The fourth-order valence-corrected chi connectivity index (χ4v) is 3.53. The smallest absolute Gasteiger partial charge is 0.317 e. The van der Waals surface area contributed by atoms with Gasteiger partial charge >= 0.3 is 6.03 Å². The van der Waals surface area contributed by atoms with Crippen LogP contribution in [0.5, 0.6) is 5.75 Å². The van der Waals surface area contributed by atoms with Crippen molar-refractivity contribution >= 4 is 17.4 Å². The molecule has 1 aromatic carbocycles. The summed E-state index contributed by atoms with van der Waals surface area (Å²) in [7, 11) is 3.24. The summed E-state index contributed by atoms with van der Waals surface area (Å²) in [5, 5.41) is 12.6. The Morgan fingerprint density at radius 2 is 1.86 bits per heavy atom. The number of amides is 2. The molecule has 2 N–H and O–H groups in total. The minimum absolute atomic E-state index is 0.00746. The van der Waals surface area contributed by atoms with Crippen LogP contribution >= 0.6 is 11.3 Å². The minimum atomic E-state index is -1.67. The van der Waals surface area contributed by atoms with Gasteiger partial charge in [-0.15, -0.1) is 11.3 Å². The third-order valence-electron chi connectivity index (χ3n) is 4.03. The lowest BCUT2D eigenvalue weighted by atomic mass is 10.1. The summed E-state index contributed by atoms with van der Waals surface area (Å²) in [5.41, 5.74) is 0.696. The van der Waals surface area contributed by atoms with Crippen LogP contribution in [0.3, 0.4) is 0 Å². The molecular weight excluding hydrogens is 405 g/mol. The monoisotopic (exact) mass is 422 g/mol. The molecular formula is C19H17F3N4O2S. The molecule has 2 amide bonds. The number of hydrogen-bond acceptors (Lipinski definition) is 5. The molecule has 0 saturated carbocycles. The molecule has 3 rings (SSSR count). The molecule has 0 fully saturated rings. The highest BCUT2D eigenvalue weighted by atomic mass is 32.1. The molecule has 6 nitrogen and oxygen atoms in total. The highest BCUT2D eigenvalue weighted by Gasteiger charge is 2.21. The standard InChI is InChI=1S/C19H17F3N4O2S/c1-9-18(29-14(24-9)8-23-19(28)26(2)3)13-6-4-5-12(25-13)10-7-11(20)17(27)16(22)15(10)21/h4-7,27H,8H2,1-3H3,(H,23,28). The third-order valence-corrected chi connectivity index (χ3v) is 5.21. The summed E-state index contributed by atoms with van der Waals surface area (Å²) in [6.07, 6.45) is 0. The van der Waals surface area contributed by atoms with E-state index in [0.717, 1.165) is 0 Å². The van der Waals surface area contributed by atoms with Crippen molar-refractivity contribution in [2.75, 3.05) is 14.1 Å². The van der Waals surface area contributed by atoms with E-state index < -0.39 is 28.8 Å². The van der Waals surface area contributed by atoms with E-state index in [1.54, 1.807) is 33.2 Å². The molecule has 0 radical (unpaired) electrons. The molecule has 3 aromatic rings. The van der Waals surface area contributed by atoms with Crippen LogP contribution in [0.15, 0.2) is 24.3 Å². The molecule has 0 spiro atoms. The van der Waals surface area contributed by atoms with Crippen molar-refractivity contribution in [1.29, 1.82) is 0 Å². The second kappa shape index (κ2) is 8.08. The number of carbonyl (C=O) groups excluding carboxylic acids is 1. The Hall–Kier alpha value is -3.14. The van der Waals surface area contributed by atoms with E-state index in [-0.39, 0.29) is 18.3 Å². The minimum Gasteiger partial charge on any atom is -0.503 e. The van der Waals surface area contributed by atoms with E-state index in [0.29, 0.717) is 27.3 Å². The van der Waals surface area contributed by atoms with E-state index in [1.807, 2.05) is 0 Å². The Labute approximate surface area is 168 Å². The van der Waals surface area contributed by atoms with E-state index in [4.69, 9.17) is 0 Å². The lowest BCUT2D eigenvalue weighted by molar-refractivity contribution is 0.217. The Morgan fingerprint density at radius 1 is 1.17 bits per heavy atom. The van der Waals surface area contributed by atoms with Crippen LogP contribution in [0, 0.1) is 24.4 Å². The van der Waals surface area contributed by atoms with E-state index in [2.05, 4.69) is 15.3 Å². The van der Waals surface area contributed by atoms with Gasteiger partial charge in [0.1, 0.15) is 5.01 Å². The van der Waals surface area contributed by atoms with Crippen LogP contribution in [0.4, 0.5) is 18.0 Å². The fraction of sp³-hybridized carbons (Fsp3) is 0.211. The second-order valence-electron chi connectivity index (χ2n) is 6.37. The molecule has 0 unspecified atom stereocenters. The molecule has 29 heavy (non-hydrogen) atoms. The zero-order chi connectivity index (χ0) is 21.3. The summed E-state index contributed by atoms with van der Waals surface area (Å²) < 4.78 is 41.6. The number of nitrogens with zero attached hydrogens (tertiary/aromatic N) is 3. The van der Waals surface area contributed by atoms with Gasteiger partial charge in [-0.2, -0.15) is 4.39 Å². The van der Waals surface area contributed by atoms with Gasteiger partial charge in [0.15, 0.2) is 17.4 Å². The van der Waals surface area contributed by atoms with Gasteiger partial charge in [-0.3, -0.25) is 0 Å². The Kier molecular flexibility index (Phi) is 5.73. The van der Waals surface area contributed by atoms with Crippen LogP contribution in [-0.2, 0) is 6.54 Å². The Bertz CT molecular complexity index is 1090. The summed E-state index contributed by atoms with van der Waals surface area (Å²) in [4.78, 5) is 22.4. The summed E-state index contributed by atoms with van der Waals surface area (Å²) in [6.45, 7) is 1.99. The number of carbonyl (C=O) groups is 1. The number of pyridine rings is 1. The average Bonchev–Trinajstić information content (AvgIpc) is 3.07. The van der Waals surface area contributed by atoms with Crippen molar-refractivity contribution in [3.05, 3.63) is 52.4 Å². The second-order valence-corrected chi connectivity index (χ2v) is 7.45. The van der Waals surface area contributed by atoms with Gasteiger partial charge in [-0.05, 0) is 25.1 Å². The first kappa shape index (κ1) is 20.6. The molecule has 0 aliphatic rings. The van der Waals surface area contributed by atoms with Crippen molar-refractivity contribution in [3.63, 3.8) is 0 Å². The highest BCUT2D eigenvalue weighted by Crippen LogP contribution is 2.34. The number of aryl methyl sites for hydroxylation is 1. The van der Waals surface area contributed by atoms with Gasteiger partial charge in [-0.25, -0.2) is 23.5 Å². The van der Waals surface area contributed by atoms with Gasteiger partial charge in [0.25, 0.3) is 0 Å². The van der Waals surface area contributed by atoms with Crippen molar-refractivity contribution < 1.29 is 23.1 Å². The van der Waals surface area contributed by atoms with E-state index in [1.165, 1.54) is 22.3 Å². The van der Waals surface area contributed by atoms with Crippen LogP contribution in [-0.4, -0.2) is 40.1 Å². The largest absolute Gasteiger partial charge is 0.503 e. The van der Waals surface area contributed by atoms with Crippen molar-refractivity contribution in [2.24, 2.45) is 0 Å². The van der Waals surface area contributed by atoms with Crippen LogP contribution in [0.1, 0.15) is 10.7 Å². The van der Waals surface area contributed by atoms with Crippen molar-refractivity contribution in [2.45, 2.75) is 13.5 Å². The lowest BCUT2D eigenvalue weighted by Gasteiger charge is -2.10. The predicted molar refractivity (Wildman–Crippen MR) is 103 cm³/mol. The highest BCUT2D eigenvalue weighted by molar-refractivity contribution is 7.15. The van der Waals surface area contributed by atoms with Gasteiger partial charge in [0.05, 0.1) is 28.5 Å². The zero-order valence-electron chi connectivity index (χ0n) is 15.8. The van der Waals surface area contributed by atoms with E-state index >= 15 is 0 Å². The SMILES string of the molecule is Cc1nc(CNC(=O)N(C)C)sc1-c1cccc(-c2cc(F)c(O)c(F)c2F)n1. The van der Waals surface area contributed by atoms with Crippen LogP contribution < -0.4 is 5.32 Å². The number of thiazole rings is 1. The topological polar surface area (TPSA) is 78.4 Å². The zero-order valence-corrected chi connectivity index (χ0v) is 16.6. The van der Waals surface area contributed by atoms with Gasteiger partial charge in [0, 0.05) is 19.7 Å². The molecule has 10 heteroatoms. The van der Waals surface area contributed by atoms with Crippen LogP contribution in [0.25, 0.3) is 21.8 Å². The molecule has 0 aliphatic carbocycles. The number of benzene rings is 1. The van der Waals surface area contributed by atoms with Crippen molar-refractivity contribution in [1.82, 2.24) is 20.2 Å². The number of phenols is 1. The first-order valence-electron chi connectivity index (χ1n) is 8.44. The molecule has 2 heterocycles. The molecule has 152 valence electrons. The Balaban J connectivity index is 1.94. The van der Waals surface area contributed by atoms with Gasteiger partial charge in [0.2, 0.25) is 5.82 Å². The first-order valence-corrected chi connectivity index (χ1v) is 9.26. The maximum absolute atomic E-state index is 14.2. The number of nitrogens with one attached hydrogen (secondary N) is 1. The number of rotatable bonds is 4. The lowest BCUT2D eigenvalue weighted by Crippen LogP contribution is -2.33. The number of halogens is 3. The fourth-order valence-electron chi connectivity index (χ4n) is 2.56. The maximum Gasteiger partial charge on any atom is 0.317 e. The molecule has 0 aliphatic heterocycles. The predicted octanol–water partition coefficient (Wildman–Crippen LogP) is 4.07. The molecule has 0 saturated heterocycles. The average molecular weight is 422 g/mol. The first-order chi connectivity index (χ1) is 13.7. The number of phenolic OH excluding ortho intramolecular Hbond substituents is 1. The normalized spacial score (nSPS) is 10.8. The number of hydrogen-bond donors (Lipinski definition) is 2. The number of aromatic hydroxyl groups is 1. The maximum atomic E-state index is 14.2. The Morgan fingerprint density at radius 3 is 2.55 bits per heavy atom. The summed E-state index contributed by atoms with van der Waals surface area (Å²) >= 11 is 1.29. The van der Waals surface area contributed by atoms with Crippen LogP contribution in [0.2, 0.25) is 0 Å². The summed E-state index contributed by atoms with van der Waals surface area (Å²) in [5.74, 6) is -5.70. The van der Waals surface area contributed by atoms with Gasteiger partial charge < -0.3 is 15.3 Å².